The Balaban J connectivity index is 1.78. The van der Waals surface area contributed by atoms with Gasteiger partial charge < -0.3 is 14.2 Å². The van der Waals surface area contributed by atoms with Crippen LogP contribution in [-0.2, 0) is 11.3 Å². The van der Waals surface area contributed by atoms with Gasteiger partial charge in [0.2, 0.25) is 0 Å². The number of rotatable bonds is 8. The molecule has 0 aliphatic rings. The number of amides is 1. The minimum atomic E-state index is -0.465. The monoisotopic (exact) mass is 433 g/mol. The number of carbonyl (C=O) groups excluding carboxylic acids is 1. The van der Waals surface area contributed by atoms with Crippen LogP contribution in [0.15, 0.2) is 60.7 Å². The van der Waals surface area contributed by atoms with Gasteiger partial charge >= 0.3 is 6.09 Å². The van der Waals surface area contributed by atoms with Gasteiger partial charge in [-0.3, -0.25) is 5.32 Å². The Bertz CT molecular complexity index is 1040. The Morgan fingerprint density at radius 3 is 2.28 bits per heavy atom. The largest absolute Gasteiger partial charge is 0.489 e. The second kappa shape index (κ2) is 10.7. The molecule has 3 aromatic rings. The molecular weight excluding hydrogens is 402 g/mol. The number of anilines is 1. The Morgan fingerprint density at radius 2 is 1.66 bits per heavy atom. The average Bonchev–Trinajstić information content (AvgIpc) is 2.76. The maximum atomic E-state index is 11.7. The highest BCUT2D eigenvalue weighted by Crippen LogP contribution is 2.36. The molecular formula is C27H31NO4. The van der Waals surface area contributed by atoms with Crippen LogP contribution in [0.25, 0.3) is 0 Å². The Labute approximate surface area is 190 Å². The number of aryl methyl sites for hydroxylation is 2. The van der Waals surface area contributed by atoms with Crippen molar-refractivity contribution >= 4 is 11.8 Å². The molecule has 168 valence electrons. The highest BCUT2D eigenvalue weighted by molar-refractivity contribution is 5.85. The van der Waals surface area contributed by atoms with Gasteiger partial charge in [0.15, 0.2) is 0 Å². The van der Waals surface area contributed by atoms with E-state index in [0.717, 1.165) is 39.5 Å². The number of hydrogen-bond donors (Lipinski definition) is 1. The lowest BCUT2D eigenvalue weighted by molar-refractivity contribution is 0.168. The van der Waals surface area contributed by atoms with Crippen LogP contribution in [0.3, 0.4) is 0 Å². The highest BCUT2D eigenvalue weighted by atomic mass is 16.5. The van der Waals surface area contributed by atoms with Crippen molar-refractivity contribution < 1.29 is 19.0 Å². The molecule has 0 heterocycles. The Hall–Kier alpha value is -3.47. The summed E-state index contributed by atoms with van der Waals surface area (Å²) < 4.78 is 17.3. The molecule has 1 amide bonds. The molecule has 5 heteroatoms. The molecule has 1 N–H and O–H groups in total. The zero-order valence-electron chi connectivity index (χ0n) is 19.4. The van der Waals surface area contributed by atoms with Crippen molar-refractivity contribution in [2.24, 2.45) is 0 Å². The summed E-state index contributed by atoms with van der Waals surface area (Å²) >= 11 is 0. The van der Waals surface area contributed by atoms with Gasteiger partial charge in [-0.15, -0.1) is 0 Å². The smallest absolute Gasteiger partial charge is 0.411 e. The molecule has 3 rings (SSSR count). The first-order valence-electron chi connectivity index (χ1n) is 10.9. The maximum Gasteiger partial charge on any atom is 0.411 e. The van der Waals surface area contributed by atoms with Gasteiger partial charge in [0.25, 0.3) is 0 Å². The summed E-state index contributed by atoms with van der Waals surface area (Å²) in [6.45, 7) is 10.8. The van der Waals surface area contributed by atoms with Crippen LogP contribution in [-0.4, -0.2) is 12.7 Å². The molecule has 0 unspecified atom stereocenters. The van der Waals surface area contributed by atoms with Crippen LogP contribution in [0.4, 0.5) is 10.5 Å². The summed E-state index contributed by atoms with van der Waals surface area (Å²) in [5, 5.41) is 2.74. The summed E-state index contributed by atoms with van der Waals surface area (Å²) in [7, 11) is 0. The summed E-state index contributed by atoms with van der Waals surface area (Å²) in [5.41, 5.74) is 4.75. The van der Waals surface area contributed by atoms with Crippen LogP contribution < -0.4 is 14.8 Å². The first-order chi connectivity index (χ1) is 15.4. The van der Waals surface area contributed by atoms with E-state index in [-0.39, 0.29) is 5.92 Å². The van der Waals surface area contributed by atoms with Crippen LogP contribution in [0.1, 0.15) is 48.9 Å². The standard InChI is InChI=1S/C27H31NO4/c1-6-30-27(29)28-22-14-19(4)26(20(5)15-22)32-23-12-13-25(24(16-23)18(2)3)31-17-21-10-8-7-9-11-21/h7-16,18H,6,17H2,1-5H3,(H,28,29). The lowest BCUT2D eigenvalue weighted by Crippen LogP contribution is -2.13. The van der Waals surface area contributed by atoms with Crippen molar-refractivity contribution in [3.05, 3.63) is 82.9 Å². The number of nitrogens with one attached hydrogen (secondary N) is 1. The van der Waals surface area contributed by atoms with Crippen molar-refractivity contribution in [3.8, 4) is 17.2 Å². The van der Waals surface area contributed by atoms with Crippen molar-refractivity contribution in [3.63, 3.8) is 0 Å². The van der Waals surface area contributed by atoms with E-state index in [9.17, 15) is 4.79 Å². The van der Waals surface area contributed by atoms with Gasteiger partial charge in [0.05, 0.1) is 6.61 Å². The van der Waals surface area contributed by atoms with Gasteiger partial charge in [-0.2, -0.15) is 0 Å². The van der Waals surface area contributed by atoms with Crippen molar-refractivity contribution in [2.45, 2.75) is 47.1 Å². The molecule has 5 nitrogen and oxygen atoms in total. The molecule has 0 aliphatic heterocycles. The van der Waals surface area contributed by atoms with Gasteiger partial charge in [0.1, 0.15) is 23.9 Å². The Kier molecular flexibility index (Phi) is 7.77. The third kappa shape index (κ3) is 6.03. The summed E-state index contributed by atoms with van der Waals surface area (Å²) in [5.74, 6) is 2.66. The van der Waals surface area contributed by atoms with E-state index in [1.807, 2.05) is 62.4 Å². The molecule has 0 aliphatic carbocycles. The minimum Gasteiger partial charge on any atom is -0.489 e. The zero-order valence-corrected chi connectivity index (χ0v) is 19.4. The Morgan fingerprint density at radius 1 is 0.969 bits per heavy atom. The third-order valence-electron chi connectivity index (χ3n) is 5.04. The average molecular weight is 434 g/mol. The summed E-state index contributed by atoms with van der Waals surface area (Å²) in [6.07, 6.45) is -0.465. The fourth-order valence-corrected chi connectivity index (χ4v) is 3.49. The van der Waals surface area contributed by atoms with Gasteiger partial charge in [-0.05, 0) is 73.7 Å². The predicted octanol–water partition coefficient (Wildman–Crippen LogP) is 7.37. The van der Waals surface area contributed by atoms with Gasteiger partial charge in [-0.1, -0.05) is 44.2 Å². The summed E-state index contributed by atoms with van der Waals surface area (Å²) in [4.78, 5) is 11.7. The number of carbonyl (C=O) groups is 1. The van der Waals surface area contributed by atoms with Crippen molar-refractivity contribution in [1.29, 1.82) is 0 Å². The zero-order chi connectivity index (χ0) is 23.1. The molecule has 0 saturated heterocycles. The molecule has 0 fully saturated rings. The lowest BCUT2D eigenvalue weighted by Gasteiger charge is -2.18. The molecule has 0 saturated carbocycles. The fraction of sp³-hybridized carbons (Fsp3) is 0.296. The predicted molar refractivity (Wildman–Crippen MR) is 128 cm³/mol. The highest BCUT2D eigenvalue weighted by Gasteiger charge is 2.14. The second-order valence-corrected chi connectivity index (χ2v) is 8.02. The van der Waals surface area contributed by atoms with Crippen LogP contribution in [0.5, 0.6) is 17.2 Å². The molecule has 0 spiro atoms. The first kappa shape index (κ1) is 23.2. The SMILES string of the molecule is CCOC(=O)Nc1cc(C)c(Oc2ccc(OCc3ccccc3)c(C(C)C)c2)c(C)c1. The molecule has 3 aromatic carbocycles. The van der Waals surface area contributed by atoms with E-state index in [1.54, 1.807) is 6.92 Å². The quantitative estimate of drug-likeness (QED) is 0.403. The molecule has 0 radical (unpaired) electrons. The first-order valence-corrected chi connectivity index (χ1v) is 10.9. The fourth-order valence-electron chi connectivity index (χ4n) is 3.49. The van der Waals surface area contributed by atoms with Gasteiger partial charge in [-0.25, -0.2) is 4.79 Å². The van der Waals surface area contributed by atoms with E-state index in [2.05, 4.69) is 31.3 Å². The second-order valence-electron chi connectivity index (χ2n) is 8.02. The van der Waals surface area contributed by atoms with Gasteiger partial charge in [0, 0.05) is 11.3 Å². The number of benzene rings is 3. The molecule has 0 atom stereocenters. The number of ether oxygens (including phenoxy) is 3. The van der Waals surface area contributed by atoms with E-state index in [0.29, 0.717) is 18.9 Å². The third-order valence-corrected chi connectivity index (χ3v) is 5.04. The van der Waals surface area contributed by atoms with Crippen LogP contribution in [0.2, 0.25) is 0 Å². The molecule has 0 aromatic heterocycles. The van der Waals surface area contributed by atoms with Crippen LogP contribution in [0, 0.1) is 13.8 Å². The van der Waals surface area contributed by atoms with Crippen molar-refractivity contribution in [2.75, 3.05) is 11.9 Å². The molecule has 32 heavy (non-hydrogen) atoms. The molecule has 0 bridgehead atoms. The van der Waals surface area contributed by atoms with E-state index in [1.165, 1.54) is 0 Å². The number of hydrogen-bond acceptors (Lipinski definition) is 4. The van der Waals surface area contributed by atoms with E-state index in [4.69, 9.17) is 14.2 Å². The minimum absolute atomic E-state index is 0.280. The topological polar surface area (TPSA) is 56.8 Å². The van der Waals surface area contributed by atoms with E-state index >= 15 is 0 Å². The van der Waals surface area contributed by atoms with Crippen LogP contribution >= 0.6 is 0 Å². The van der Waals surface area contributed by atoms with Crippen molar-refractivity contribution in [1.82, 2.24) is 0 Å². The maximum absolute atomic E-state index is 11.7. The normalized spacial score (nSPS) is 10.7. The summed E-state index contributed by atoms with van der Waals surface area (Å²) in [6, 6.07) is 19.8. The van der Waals surface area contributed by atoms with E-state index < -0.39 is 6.09 Å². The lowest BCUT2D eigenvalue weighted by atomic mass is 10.0.